The second kappa shape index (κ2) is 5.95. The first-order valence-corrected chi connectivity index (χ1v) is 7.62. The van der Waals surface area contributed by atoms with Crippen LogP contribution in [0.1, 0.15) is 18.9 Å². The Labute approximate surface area is 111 Å². The highest BCUT2D eigenvalue weighted by atomic mass is 79.9. The lowest BCUT2D eigenvalue weighted by Gasteiger charge is -2.10. The highest BCUT2D eigenvalue weighted by molar-refractivity contribution is 9.10. The molecule has 0 saturated heterocycles. The minimum atomic E-state index is -3.46. The fourth-order valence-corrected chi connectivity index (χ4v) is 3.41. The summed E-state index contributed by atoms with van der Waals surface area (Å²) in [5.41, 5.74) is 6.47. The Kier molecular flexibility index (Phi) is 5.12. The molecule has 0 aliphatic rings. The smallest absolute Gasteiger partial charge is 0.241 e. The van der Waals surface area contributed by atoms with Crippen molar-refractivity contribution >= 4 is 26.0 Å². The molecule has 1 atom stereocenters. The van der Waals surface area contributed by atoms with Gasteiger partial charge in [-0.3, -0.25) is 0 Å². The van der Waals surface area contributed by atoms with Crippen molar-refractivity contribution in [2.75, 3.05) is 6.54 Å². The van der Waals surface area contributed by atoms with E-state index in [9.17, 15) is 8.42 Å². The lowest BCUT2D eigenvalue weighted by Crippen LogP contribution is -2.29. The number of sulfonamides is 1. The number of aryl methyl sites for hydroxylation is 1. The van der Waals surface area contributed by atoms with Crippen LogP contribution in [0.3, 0.4) is 0 Å². The van der Waals surface area contributed by atoms with Gasteiger partial charge in [0.15, 0.2) is 0 Å². The standard InChI is InChI=1S/C11H17BrN2O2S/c1-8-3-4-10(12)11(7-8)17(15,16)14-6-5-9(2)13/h3-4,7,9,14H,5-6,13H2,1-2H3. The van der Waals surface area contributed by atoms with Crippen molar-refractivity contribution in [3.05, 3.63) is 28.2 Å². The zero-order chi connectivity index (χ0) is 13.1. The summed E-state index contributed by atoms with van der Waals surface area (Å²) >= 11 is 3.24. The number of hydrogen-bond donors (Lipinski definition) is 2. The Balaban J connectivity index is 2.86. The Hall–Kier alpha value is -0.430. The van der Waals surface area contributed by atoms with Crippen LogP contribution in [0.15, 0.2) is 27.6 Å². The average Bonchev–Trinajstić information content (AvgIpc) is 2.20. The van der Waals surface area contributed by atoms with E-state index in [-0.39, 0.29) is 10.9 Å². The molecule has 6 heteroatoms. The molecule has 3 N–H and O–H groups in total. The SMILES string of the molecule is Cc1ccc(Br)c(S(=O)(=O)NCCC(C)N)c1. The lowest BCUT2D eigenvalue weighted by molar-refractivity contribution is 0.571. The predicted octanol–water partition coefficient (Wildman–Crippen LogP) is 1.77. The molecule has 96 valence electrons. The van der Waals surface area contributed by atoms with Gasteiger partial charge in [-0.2, -0.15) is 0 Å². The number of nitrogens with two attached hydrogens (primary N) is 1. The van der Waals surface area contributed by atoms with E-state index in [0.29, 0.717) is 17.4 Å². The van der Waals surface area contributed by atoms with Gasteiger partial charge in [-0.25, -0.2) is 13.1 Å². The summed E-state index contributed by atoms with van der Waals surface area (Å²) in [5.74, 6) is 0. The maximum Gasteiger partial charge on any atom is 0.241 e. The Morgan fingerprint density at radius 2 is 2.12 bits per heavy atom. The van der Waals surface area contributed by atoms with Crippen LogP contribution in [0.25, 0.3) is 0 Å². The second-order valence-electron chi connectivity index (χ2n) is 4.10. The molecule has 4 nitrogen and oxygen atoms in total. The summed E-state index contributed by atoms with van der Waals surface area (Å²) in [6, 6.07) is 5.21. The van der Waals surface area contributed by atoms with Gasteiger partial charge >= 0.3 is 0 Å². The maximum absolute atomic E-state index is 12.0. The van der Waals surface area contributed by atoms with Crippen LogP contribution in [-0.4, -0.2) is 21.0 Å². The van der Waals surface area contributed by atoms with Crippen LogP contribution < -0.4 is 10.5 Å². The van der Waals surface area contributed by atoms with Crippen molar-refractivity contribution < 1.29 is 8.42 Å². The molecule has 0 saturated carbocycles. The fourth-order valence-electron chi connectivity index (χ4n) is 1.32. The summed E-state index contributed by atoms with van der Waals surface area (Å²) in [6.45, 7) is 4.05. The molecule has 0 amide bonds. The molecular weight excluding hydrogens is 304 g/mol. The van der Waals surface area contributed by atoms with Gasteiger partial charge in [0, 0.05) is 17.1 Å². The van der Waals surface area contributed by atoms with Crippen LogP contribution >= 0.6 is 15.9 Å². The van der Waals surface area contributed by atoms with E-state index in [1.807, 2.05) is 19.9 Å². The van der Waals surface area contributed by atoms with Gasteiger partial charge < -0.3 is 5.73 Å². The van der Waals surface area contributed by atoms with Gasteiger partial charge in [-0.15, -0.1) is 0 Å². The van der Waals surface area contributed by atoms with E-state index >= 15 is 0 Å². The predicted molar refractivity (Wildman–Crippen MR) is 72.3 cm³/mol. The largest absolute Gasteiger partial charge is 0.328 e. The summed E-state index contributed by atoms with van der Waals surface area (Å²) < 4.78 is 27.1. The van der Waals surface area contributed by atoms with Gasteiger partial charge in [-0.1, -0.05) is 6.07 Å². The first-order chi connectivity index (χ1) is 7.83. The highest BCUT2D eigenvalue weighted by Crippen LogP contribution is 2.22. The van der Waals surface area contributed by atoms with E-state index in [1.165, 1.54) is 0 Å². The molecular formula is C11H17BrN2O2S. The Bertz CT molecular complexity index is 486. The van der Waals surface area contributed by atoms with Crippen LogP contribution in [-0.2, 0) is 10.0 Å². The van der Waals surface area contributed by atoms with E-state index in [0.717, 1.165) is 5.56 Å². The topological polar surface area (TPSA) is 72.2 Å². The first kappa shape index (κ1) is 14.6. The molecule has 1 aromatic carbocycles. The quantitative estimate of drug-likeness (QED) is 0.868. The van der Waals surface area contributed by atoms with Crippen LogP contribution in [0.2, 0.25) is 0 Å². The third kappa shape index (κ3) is 4.39. The summed E-state index contributed by atoms with van der Waals surface area (Å²) in [4.78, 5) is 0.266. The Morgan fingerprint density at radius 1 is 1.47 bits per heavy atom. The van der Waals surface area contributed by atoms with Crippen molar-refractivity contribution in [3.8, 4) is 0 Å². The zero-order valence-corrected chi connectivity index (χ0v) is 12.3. The van der Waals surface area contributed by atoms with E-state index in [4.69, 9.17) is 5.73 Å². The van der Waals surface area contributed by atoms with E-state index in [2.05, 4.69) is 20.7 Å². The van der Waals surface area contributed by atoms with Crippen molar-refractivity contribution in [3.63, 3.8) is 0 Å². The Morgan fingerprint density at radius 3 is 2.71 bits per heavy atom. The third-order valence-corrected chi connectivity index (χ3v) is 4.72. The molecule has 0 spiro atoms. The molecule has 0 aliphatic heterocycles. The first-order valence-electron chi connectivity index (χ1n) is 5.34. The number of halogens is 1. The minimum Gasteiger partial charge on any atom is -0.328 e. The normalized spacial score (nSPS) is 13.6. The number of rotatable bonds is 5. The van der Waals surface area contributed by atoms with Crippen LogP contribution in [0.5, 0.6) is 0 Å². The lowest BCUT2D eigenvalue weighted by atomic mass is 10.2. The molecule has 1 unspecified atom stereocenters. The summed E-state index contributed by atoms with van der Waals surface area (Å²) in [6.07, 6.45) is 0.614. The summed E-state index contributed by atoms with van der Waals surface area (Å²) in [5, 5.41) is 0. The number of benzene rings is 1. The van der Waals surface area contributed by atoms with Crippen LogP contribution in [0.4, 0.5) is 0 Å². The van der Waals surface area contributed by atoms with Gasteiger partial charge in [-0.05, 0) is 53.9 Å². The highest BCUT2D eigenvalue weighted by Gasteiger charge is 2.17. The second-order valence-corrected chi connectivity index (χ2v) is 6.69. The molecule has 0 aromatic heterocycles. The minimum absolute atomic E-state index is 0.0151. The molecule has 17 heavy (non-hydrogen) atoms. The van der Waals surface area contributed by atoms with Gasteiger partial charge in [0.05, 0.1) is 4.90 Å². The maximum atomic E-state index is 12.0. The molecule has 0 heterocycles. The molecule has 0 bridgehead atoms. The van der Waals surface area contributed by atoms with Crippen molar-refractivity contribution in [1.82, 2.24) is 4.72 Å². The fraction of sp³-hybridized carbons (Fsp3) is 0.455. The molecule has 0 aliphatic carbocycles. The van der Waals surface area contributed by atoms with Gasteiger partial charge in [0.25, 0.3) is 0 Å². The van der Waals surface area contributed by atoms with Crippen molar-refractivity contribution in [2.24, 2.45) is 5.73 Å². The number of nitrogens with one attached hydrogen (secondary N) is 1. The molecule has 1 rings (SSSR count). The monoisotopic (exact) mass is 320 g/mol. The third-order valence-electron chi connectivity index (χ3n) is 2.27. The van der Waals surface area contributed by atoms with E-state index in [1.54, 1.807) is 12.1 Å². The number of hydrogen-bond acceptors (Lipinski definition) is 3. The van der Waals surface area contributed by atoms with Crippen LogP contribution in [0, 0.1) is 6.92 Å². The zero-order valence-electron chi connectivity index (χ0n) is 9.90. The van der Waals surface area contributed by atoms with Crippen molar-refractivity contribution in [1.29, 1.82) is 0 Å². The molecule has 1 aromatic rings. The summed E-state index contributed by atoms with van der Waals surface area (Å²) in [7, 11) is -3.46. The molecule has 0 fully saturated rings. The molecule has 0 radical (unpaired) electrons. The van der Waals surface area contributed by atoms with E-state index < -0.39 is 10.0 Å². The van der Waals surface area contributed by atoms with Crippen molar-refractivity contribution in [2.45, 2.75) is 31.2 Å². The average molecular weight is 321 g/mol. The van der Waals surface area contributed by atoms with Gasteiger partial charge in [0.1, 0.15) is 0 Å². The van der Waals surface area contributed by atoms with Gasteiger partial charge in [0.2, 0.25) is 10.0 Å².